The number of ether oxygens (including phenoxy) is 1. The van der Waals surface area contributed by atoms with Crippen molar-refractivity contribution in [3.8, 4) is 0 Å². The van der Waals surface area contributed by atoms with Crippen molar-refractivity contribution in [2.24, 2.45) is 7.05 Å². The lowest BCUT2D eigenvalue weighted by Gasteiger charge is -2.09. The number of aromatic nitrogens is 2. The number of rotatable bonds is 9. The highest BCUT2D eigenvalue weighted by Gasteiger charge is 2.18. The number of esters is 1. The Labute approximate surface area is 170 Å². The Morgan fingerprint density at radius 1 is 1.21 bits per heavy atom. The van der Waals surface area contributed by atoms with Crippen LogP contribution in [-0.4, -0.2) is 43.0 Å². The zero-order valence-corrected chi connectivity index (χ0v) is 17.7. The lowest BCUT2D eigenvalue weighted by Crippen LogP contribution is -2.28. The van der Waals surface area contributed by atoms with E-state index in [1.54, 1.807) is 30.7 Å². The average molecular weight is 423 g/mol. The smallest absolute Gasteiger partial charge is 0.307 e. The van der Waals surface area contributed by atoms with Crippen LogP contribution in [0.4, 0.5) is 5.69 Å². The summed E-state index contributed by atoms with van der Waals surface area (Å²) in [6.45, 7) is 5.22. The molecule has 0 unspecified atom stereocenters. The van der Waals surface area contributed by atoms with Crippen molar-refractivity contribution in [1.29, 1.82) is 0 Å². The molecular formula is C19H26N4O5S. The molecule has 1 amide bonds. The van der Waals surface area contributed by atoms with Crippen LogP contribution < -0.4 is 10.0 Å². The molecule has 1 aromatic carbocycles. The van der Waals surface area contributed by atoms with E-state index in [0.29, 0.717) is 17.4 Å². The molecule has 2 rings (SSSR count). The molecule has 1 heterocycles. The van der Waals surface area contributed by atoms with E-state index >= 15 is 0 Å². The van der Waals surface area contributed by atoms with Gasteiger partial charge in [0.15, 0.2) is 11.6 Å². The predicted molar refractivity (Wildman–Crippen MR) is 108 cm³/mol. The van der Waals surface area contributed by atoms with Gasteiger partial charge in [-0.2, -0.15) is 0 Å². The van der Waals surface area contributed by atoms with Crippen LogP contribution in [-0.2, 0) is 31.4 Å². The van der Waals surface area contributed by atoms with Crippen LogP contribution in [0.15, 0.2) is 35.5 Å². The van der Waals surface area contributed by atoms with Crippen molar-refractivity contribution in [3.05, 3.63) is 41.9 Å². The maximum Gasteiger partial charge on any atom is 0.307 e. The summed E-state index contributed by atoms with van der Waals surface area (Å²) >= 11 is 0. The average Bonchev–Trinajstić information content (AvgIpc) is 3.00. The Morgan fingerprint density at radius 3 is 2.41 bits per heavy atom. The first-order chi connectivity index (χ1) is 13.6. The largest absolute Gasteiger partial charge is 0.456 e. The number of hydrogen-bond donors (Lipinski definition) is 2. The molecule has 10 heteroatoms. The number of aryl methyl sites for hydroxylation is 2. The van der Waals surface area contributed by atoms with E-state index in [2.05, 4.69) is 28.9 Å². The minimum atomic E-state index is -3.81. The second-order valence-corrected chi connectivity index (χ2v) is 8.58. The molecule has 0 atom stereocenters. The summed E-state index contributed by atoms with van der Waals surface area (Å²) < 4.78 is 33.0. The van der Waals surface area contributed by atoms with Gasteiger partial charge < -0.3 is 14.6 Å². The van der Waals surface area contributed by atoms with Gasteiger partial charge in [0.25, 0.3) is 15.9 Å². The highest BCUT2D eigenvalue weighted by molar-refractivity contribution is 7.89. The van der Waals surface area contributed by atoms with E-state index in [1.807, 2.05) is 12.1 Å². The number of hydrogen-bond acceptors (Lipinski definition) is 6. The van der Waals surface area contributed by atoms with Gasteiger partial charge in [-0.25, -0.2) is 18.1 Å². The van der Waals surface area contributed by atoms with Gasteiger partial charge in [-0.1, -0.05) is 26.0 Å². The first-order valence-corrected chi connectivity index (χ1v) is 10.6. The number of amides is 1. The van der Waals surface area contributed by atoms with Gasteiger partial charge in [-0.05, 0) is 30.5 Å². The molecule has 0 bridgehead atoms. The summed E-state index contributed by atoms with van der Waals surface area (Å²) in [4.78, 5) is 27.6. The number of imidazole rings is 1. The van der Waals surface area contributed by atoms with Gasteiger partial charge in [0, 0.05) is 25.5 Å². The molecule has 0 aliphatic carbocycles. The second kappa shape index (κ2) is 9.66. The normalized spacial score (nSPS) is 11.5. The number of anilines is 1. The molecule has 0 aliphatic heterocycles. The minimum Gasteiger partial charge on any atom is -0.456 e. The van der Waals surface area contributed by atoms with E-state index in [1.165, 1.54) is 6.20 Å². The van der Waals surface area contributed by atoms with Crippen LogP contribution in [0.5, 0.6) is 0 Å². The van der Waals surface area contributed by atoms with E-state index in [0.717, 1.165) is 5.56 Å². The first-order valence-electron chi connectivity index (χ1n) is 9.13. The molecule has 0 saturated heterocycles. The second-order valence-electron chi connectivity index (χ2n) is 6.87. The fourth-order valence-corrected chi connectivity index (χ4v) is 3.45. The number of sulfonamides is 1. The molecule has 158 valence electrons. The molecule has 1 aromatic heterocycles. The molecular weight excluding hydrogens is 396 g/mol. The Hall–Kier alpha value is -2.72. The van der Waals surface area contributed by atoms with Crippen LogP contribution in [0.2, 0.25) is 0 Å². The first kappa shape index (κ1) is 22.6. The molecule has 2 aromatic rings. The van der Waals surface area contributed by atoms with Crippen LogP contribution in [0.1, 0.15) is 37.6 Å². The van der Waals surface area contributed by atoms with Crippen molar-refractivity contribution in [1.82, 2.24) is 14.3 Å². The molecule has 29 heavy (non-hydrogen) atoms. The van der Waals surface area contributed by atoms with Crippen LogP contribution in [0.3, 0.4) is 0 Å². The highest BCUT2D eigenvalue weighted by atomic mass is 32.2. The number of carbonyl (C=O) groups is 2. The van der Waals surface area contributed by atoms with Gasteiger partial charge in [-0.3, -0.25) is 9.59 Å². The molecule has 0 aliphatic rings. The number of nitrogens with one attached hydrogen (secondary N) is 2. The summed E-state index contributed by atoms with van der Waals surface area (Å²) in [5.41, 5.74) is 1.76. The van der Waals surface area contributed by atoms with Gasteiger partial charge in [0.1, 0.15) is 5.82 Å². The SMILES string of the molecule is Cc1nc(S(=O)(=O)NCCC(=O)OCC(=O)Nc2ccc(C(C)C)cc2)cn1C. The lowest BCUT2D eigenvalue weighted by molar-refractivity contribution is -0.147. The Morgan fingerprint density at radius 2 is 1.86 bits per heavy atom. The fourth-order valence-electron chi connectivity index (χ4n) is 2.38. The zero-order valence-electron chi connectivity index (χ0n) is 16.9. The van der Waals surface area contributed by atoms with E-state index in [-0.39, 0.29) is 18.0 Å². The van der Waals surface area contributed by atoms with Crippen molar-refractivity contribution < 1.29 is 22.7 Å². The summed E-state index contributed by atoms with van der Waals surface area (Å²) in [6.07, 6.45) is 1.18. The molecule has 9 nitrogen and oxygen atoms in total. The molecule has 2 N–H and O–H groups in total. The topological polar surface area (TPSA) is 119 Å². The number of benzene rings is 1. The lowest BCUT2D eigenvalue weighted by atomic mass is 10.0. The van der Waals surface area contributed by atoms with Crippen LogP contribution in [0, 0.1) is 6.92 Å². The summed E-state index contributed by atoms with van der Waals surface area (Å²) in [5, 5.41) is 2.52. The minimum absolute atomic E-state index is 0.117. The zero-order chi connectivity index (χ0) is 21.6. The van der Waals surface area contributed by atoms with Gasteiger partial charge >= 0.3 is 5.97 Å². The van der Waals surface area contributed by atoms with Gasteiger partial charge in [0.05, 0.1) is 6.42 Å². The third-order valence-electron chi connectivity index (χ3n) is 4.21. The number of nitrogens with zero attached hydrogens (tertiary/aromatic N) is 2. The van der Waals surface area contributed by atoms with E-state index in [4.69, 9.17) is 4.74 Å². The monoisotopic (exact) mass is 422 g/mol. The fraction of sp³-hybridized carbons (Fsp3) is 0.421. The Balaban J connectivity index is 1.73. The van der Waals surface area contributed by atoms with Gasteiger partial charge in [0.2, 0.25) is 0 Å². The number of carbonyl (C=O) groups excluding carboxylic acids is 2. The third kappa shape index (κ3) is 6.68. The maximum absolute atomic E-state index is 12.1. The highest BCUT2D eigenvalue weighted by Crippen LogP contribution is 2.17. The third-order valence-corrected chi connectivity index (χ3v) is 5.54. The predicted octanol–water partition coefficient (Wildman–Crippen LogP) is 1.70. The van der Waals surface area contributed by atoms with Crippen molar-refractivity contribution in [2.75, 3.05) is 18.5 Å². The molecule has 0 spiro atoms. The van der Waals surface area contributed by atoms with Crippen LogP contribution in [0.25, 0.3) is 0 Å². The molecule has 0 saturated carbocycles. The van der Waals surface area contributed by atoms with E-state index in [9.17, 15) is 18.0 Å². The van der Waals surface area contributed by atoms with Crippen LogP contribution >= 0.6 is 0 Å². The van der Waals surface area contributed by atoms with Crippen molar-refractivity contribution in [3.63, 3.8) is 0 Å². The summed E-state index contributed by atoms with van der Waals surface area (Å²) in [5.74, 6) is -0.218. The Bertz CT molecular complexity index is 945. The quantitative estimate of drug-likeness (QED) is 0.594. The Kier molecular flexibility index (Phi) is 7.52. The van der Waals surface area contributed by atoms with E-state index < -0.39 is 28.5 Å². The standard InChI is InChI=1S/C19H26N4O5S/c1-13(2)15-5-7-16(8-6-15)22-17(24)12-28-19(25)9-10-20-29(26,27)18-11-23(4)14(3)21-18/h5-8,11,13,20H,9-10,12H2,1-4H3,(H,22,24). The van der Waals surface area contributed by atoms with Gasteiger partial charge in [-0.15, -0.1) is 0 Å². The maximum atomic E-state index is 12.1. The summed E-state index contributed by atoms with van der Waals surface area (Å²) in [6, 6.07) is 7.40. The molecule has 0 fully saturated rings. The molecule has 0 radical (unpaired) electrons. The van der Waals surface area contributed by atoms with Crippen molar-refractivity contribution >= 4 is 27.6 Å². The van der Waals surface area contributed by atoms with Crippen molar-refractivity contribution in [2.45, 2.75) is 38.1 Å². The summed E-state index contributed by atoms with van der Waals surface area (Å²) in [7, 11) is -2.13.